The van der Waals surface area contributed by atoms with E-state index in [0.717, 1.165) is 0 Å². The Labute approximate surface area is 104 Å². The van der Waals surface area contributed by atoms with E-state index in [1.807, 2.05) is 0 Å². The lowest BCUT2D eigenvalue weighted by Crippen LogP contribution is -2.29. The topological polar surface area (TPSA) is 60.4 Å². The minimum atomic E-state index is -2.39. The van der Waals surface area contributed by atoms with E-state index >= 15 is 0 Å². The Kier molecular flexibility index (Phi) is 5.17. The number of hydrogen-bond donors (Lipinski definition) is 0. The maximum Gasteiger partial charge on any atom is 0.348 e. The summed E-state index contributed by atoms with van der Waals surface area (Å²) in [5.41, 5.74) is 0.307. The fraction of sp³-hybridized carbons (Fsp3) is 0.308. The Bertz CT molecular complexity index is 442. The van der Waals surface area contributed by atoms with Gasteiger partial charge < -0.3 is 4.74 Å². The van der Waals surface area contributed by atoms with Gasteiger partial charge >= 0.3 is 5.97 Å². The average molecular weight is 252 g/mol. The number of halogens is 1. The molecule has 96 valence electrons. The fourth-order valence-electron chi connectivity index (χ4n) is 1.32. The van der Waals surface area contributed by atoms with Crippen molar-refractivity contribution in [3.05, 3.63) is 35.9 Å². The number of carbonyl (C=O) groups is 3. The minimum absolute atomic E-state index is 0.0147. The number of ketones is 2. The van der Waals surface area contributed by atoms with E-state index in [-0.39, 0.29) is 6.61 Å². The zero-order chi connectivity index (χ0) is 13.5. The van der Waals surface area contributed by atoms with Crippen LogP contribution in [0.1, 0.15) is 23.7 Å². The van der Waals surface area contributed by atoms with Gasteiger partial charge in [-0.2, -0.15) is 0 Å². The SMILES string of the molecule is CCOC(=O)C(F)C(=O)CC(=O)c1ccccc1. The smallest absolute Gasteiger partial charge is 0.348 e. The number of ether oxygens (including phenoxy) is 1. The molecule has 0 bridgehead atoms. The first-order chi connectivity index (χ1) is 8.56. The third kappa shape index (κ3) is 3.76. The molecule has 0 spiro atoms. The molecule has 1 atom stereocenters. The maximum absolute atomic E-state index is 13.3. The number of benzene rings is 1. The van der Waals surface area contributed by atoms with Crippen LogP contribution in [0.2, 0.25) is 0 Å². The monoisotopic (exact) mass is 252 g/mol. The van der Waals surface area contributed by atoms with Crippen molar-refractivity contribution in [2.75, 3.05) is 6.61 Å². The first-order valence-electron chi connectivity index (χ1n) is 5.48. The maximum atomic E-state index is 13.3. The van der Waals surface area contributed by atoms with E-state index in [1.165, 1.54) is 19.1 Å². The van der Waals surface area contributed by atoms with Gasteiger partial charge in [-0.3, -0.25) is 9.59 Å². The Balaban J connectivity index is 2.60. The van der Waals surface area contributed by atoms with Crippen molar-refractivity contribution in [1.82, 2.24) is 0 Å². The van der Waals surface area contributed by atoms with Crippen LogP contribution in [0, 0.1) is 0 Å². The van der Waals surface area contributed by atoms with Crippen molar-refractivity contribution in [2.24, 2.45) is 0 Å². The second-order valence-corrected chi connectivity index (χ2v) is 3.55. The number of carbonyl (C=O) groups excluding carboxylic acids is 3. The summed E-state index contributed by atoms with van der Waals surface area (Å²) in [5.74, 6) is -2.85. The first kappa shape index (κ1) is 14.0. The number of Topliss-reactive ketones (excluding diaryl/α,β-unsaturated/α-hetero) is 2. The van der Waals surface area contributed by atoms with Crippen LogP contribution in [0.25, 0.3) is 0 Å². The summed E-state index contributed by atoms with van der Waals surface area (Å²) in [7, 11) is 0. The molecule has 0 N–H and O–H groups in total. The Morgan fingerprint density at radius 2 is 1.83 bits per heavy atom. The molecule has 0 radical (unpaired) electrons. The van der Waals surface area contributed by atoms with Gasteiger partial charge in [-0.15, -0.1) is 0 Å². The van der Waals surface area contributed by atoms with Gasteiger partial charge in [0, 0.05) is 5.56 Å². The summed E-state index contributed by atoms with van der Waals surface area (Å²) in [6.45, 7) is 1.49. The van der Waals surface area contributed by atoms with Gasteiger partial charge in [-0.25, -0.2) is 9.18 Å². The summed E-state index contributed by atoms with van der Waals surface area (Å²) in [6, 6.07) is 8.03. The number of hydrogen-bond acceptors (Lipinski definition) is 4. The van der Waals surface area contributed by atoms with Crippen LogP contribution in [-0.2, 0) is 14.3 Å². The molecule has 0 aliphatic carbocycles. The van der Waals surface area contributed by atoms with Crippen molar-refractivity contribution in [2.45, 2.75) is 19.5 Å². The third-order valence-electron chi connectivity index (χ3n) is 2.21. The standard InChI is InChI=1S/C13H13FO4/c1-2-18-13(17)12(14)11(16)8-10(15)9-6-4-3-5-7-9/h3-7,12H,2,8H2,1H3. The minimum Gasteiger partial charge on any atom is -0.463 e. The van der Waals surface area contributed by atoms with Crippen LogP contribution in [0.15, 0.2) is 30.3 Å². The molecule has 0 saturated heterocycles. The largest absolute Gasteiger partial charge is 0.463 e. The molecule has 5 heteroatoms. The lowest BCUT2D eigenvalue weighted by molar-refractivity contribution is -0.152. The second-order valence-electron chi connectivity index (χ2n) is 3.55. The van der Waals surface area contributed by atoms with E-state index in [2.05, 4.69) is 4.74 Å². The van der Waals surface area contributed by atoms with Crippen molar-refractivity contribution in [1.29, 1.82) is 0 Å². The molecule has 0 amide bonds. The molecule has 18 heavy (non-hydrogen) atoms. The van der Waals surface area contributed by atoms with E-state index in [1.54, 1.807) is 18.2 Å². The number of alkyl halides is 1. The molecule has 0 saturated carbocycles. The first-order valence-corrected chi connectivity index (χ1v) is 5.48. The lowest BCUT2D eigenvalue weighted by Gasteiger charge is -2.06. The normalized spacial score (nSPS) is 11.7. The van der Waals surface area contributed by atoms with Gasteiger partial charge in [-0.1, -0.05) is 30.3 Å². The molecule has 0 aliphatic rings. The molecular weight excluding hydrogens is 239 g/mol. The van der Waals surface area contributed by atoms with Gasteiger partial charge in [0.1, 0.15) is 0 Å². The average Bonchev–Trinajstić information content (AvgIpc) is 2.39. The van der Waals surface area contributed by atoms with Crippen LogP contribution >= 0.6 is 0 Å². The Morgan fingerprint density at radius 3 is 2.39 bits per heavy atom. The summed E-state index contributed by atoms with van der Waals surface area (Å²) in [4.78, 5) is 33.9. The Hall–Kier alpha value is -2.04. The van der Waals surface area contributed by atoms with Crippen molar-refractivity contribution in [3.8, 4) is 0 Å². The Morgan fingerprint density at radius 1 is 1.22 bits per heavy atom. The summed E-state index contributed by atoms with van der Waals surface area (Å²) in [5, 5.41) is 0. The van der Waals surface area contributed by atoms with Gasteiger partial charge in [0.25, 0.3) is 6.17 Å². The second kappa shape index (κ2) is 6.64. The molecule has 1 unspecified atom stereocenters. The highest BCUT2D eigenvalue weighted by atomic mass is 19.1. The predicted molar refractivity (Wildman–Crippen MR) is 61.9 cm³/mol. The van der Waals surface area contributed by atoms with Gasteiger partial charge in [0.05, 0.1) is 13.0 Å². The predicted octanol–water partition coefficient (Wildman–Crippen LogP) is 1.73. The number of esters is 1. The zero-order valence-corrected chi connectivity index (χ0v) is 9.89. The highest BCUT2D eigenvalue weighted by Crippen LogP contribution is 2.07. The van der Waals surface area contributed by atoms with E-state index in [9.17, 15) is 18.8 Å². The van der Waals surface area contributed by atoms with Crippen LogP contribution in [0.5, 0.6) is 0 Å². The molecule has 0 heterocycles. The van der Waals surface area contributed by atoms with Gasteiger partial charge in [0.15, 0.2) is 11.6 Å². The van der Waals surface area contributed by atoms with Gasteiger partial charge in [0.2, 0.25) is 0 Å². The number of rotatable bonds is 6. The highest BCUT2D eigenvalue weighted by Gasteiger charge is 2.29. The summed E-state index contributed by atoms with van der Waals surface area (Å²) >= 11 is 0. The highest BCUT2D eigenvalue weighted by molar-refractivity contribution is 6.14. The van der Waals surface area contributed by atoms with Gasteiger partial charge in [-0.05, 0) is 6.92 Å². The fourth-order valence-corrected chi connectivity index (χ4v) is 1.32. The molecule has 0 aromatic heterocycles. The van der Waals surface area contributed by atoms with Crippen molar-refractivity contribution in [3.63, 3.8) is 0 Å². The molecule has 1 rings (SSSR count). The lowest BCUT2D eigenvalue weighted by atomic mass is 10.0. The van der Waals surface area contributed by atoms with Crippen LogP contribution in [0.3, 0.4) is 0 Å². The summed E-state index contributed by atoms with van der Waals surface area (Å²) in [6.07, 6.45) is -3.04. The molecule has 1 aromatic carbocycles. The third-order valence-corrected chi connectivity index (χ3v) is 2.21. The van der Waals surface area contributed by atoms with E-state index in [4.69, 9.17) is 0 Å². The van der Waals surface area contributed by atoms with Crippen LogP contribution < -0.4 is 0 Å². The molecule has 0 fully saturated rings. The van der Waals surface area contributed by atoms with E-state index < -0.39 is 30.1 Å². The quantitative estimate of drug-likeness (QED) is 0.439. The van der Waals surface area contributed by atoms with Crippen LogP contribution in [-0.4, -0.2) is 30.3 Å². The van der Waals surface area contributed by atoms with Crippen LogP contribution in [0.4, 0.5) is 4.39 Å². The molecular formula is C13H13FO4. The molecule has 1 aromatic rings. The molecule has 0 aliphatic heterocycles. The van der Waals surface area contributed by atoms with E-state index in [0.29, 0.717) is 5.56 Å². The van der Waals surface area contributed by atoms with Crippen molar-refractivity contribution < 1.29 is 23.5 Å². The summed E-state index contributed by atoms with van der Waals surface area (Å²) < 4.78 is 17.6. The van der Waals surface area contributed by atoms with Crippen molar-refractivity contribution >= 4 is 17.5 Å². The zero-order valence-electron chi connectivity index (χ0n) is 9.89. The molecule has 4 nitrogen and oxygen atoms in total.